The number of hydrogen-bond acceptors (Lipinski definition) is 7. The lowest BCUT2D eigenvalue weighted by Crippen LogP contribution is -2.34. The number of piperidine rings is 1. The maximum atomic E-state index is 12.2. The van der Waals surface area contributed by atoms with Gasteiger partial charge in [-0.1, -0.05) is 18.2 Å². The lowest BCUT2D eigenvalue weighted by molar-refractivity contribution is 0.102. The number of carbonyl (C=O) groups is 1. The van der Waals surface area contributed by atoms with Crippen molar-refractivity contribution in [3.05, 3.63) is 64.6 Å². The number of carbonyl (C=O) groups excluding carboxylic acids is 1. The zero-order valence-electron chi connectivity index (χ0n) is 14.5. The van der Waals surface area contributed by atoms with E-state index in [2.05, 4.69) is 30.6 Å². The zero-order chi connectivity index (χ0) is 18.6. The molecule has 2 aromatic heterocycles. The van der Waals surface area contributed by atoms with Crippen LogP contribution in [0.2, 0.25) is 0 Å². The molecule has 27 heavy (non-hydrogen) atoms. The van der Waals surface area contributed by atoms with Gasteiger partial charge in [0.25, 0.3) is 5.91 Å². The van der Waals surface area contributed by atoms with Crippen molar-refractivity contribution < 1.29 is 9.21 Å². The highest BCUT2D eigenvalue weighted by Gasteiger charge is 2.25. The topological polar surface area (TPSA) is 117 Å². The van der Waals surface area contributed by atoms with Gasteiger partial charge in [-0.05, 0) is 37.1 Å². The van der Waals surface area contributed by atoms with Crippen molar-refractivity contribution in [1.29, 1.82) is 0 Å². The number of aromatic nitrogens is 4. The number of para-hydroxylation sites is 1. The summed E-state index contributed by atoms with van der Waals surface area (Å²) in [7, 11) is 0. The molecule has 1 aliphatic rings. The molecule has 1 amide bonds. The first-order chi connectivity index (χ1) is 13.2. The van der Waals surface area contributed by atoms with Crippen LogP contribution in [0.3, 0.4) is 0 Å². The van der Waals surface area contributed by atoms with Gasteiger partial charge in [-0.15, -0.1) is 15.3 Å². The molecule has 0 bridgehead atoms. The molecule has 0 aliphatic carbocycles. The van der Waals surface area contributed by atoms with E-state index in [-0.39, 0.29) is 17.5 Å². The van der Waals surface area contributed by atoms with Gasteiger partial charge in [0.1, 0.15) is 0 Å². The van der Waals surface area contributed by atoms with E-state index in [1.165, 1.54) is 0 Å². The summed E-state index contributed by atoms with van der Waals surface area (Å²) in [6.45, 7) is 1.48. The van der Waals surface area contributed by atoms with Gasteiger partial charge >= 0.3 is 5.76 Å². The molecule has 0 atom stereocenters. The number of nitrogens with zero attached hydrogens (tertiary/aromatic N) is 4. The summed E-state index contributed by atoms with van der Waals surface area (Å²) in [4.78, 5) is 25.4. The Kier molecular flexibility index (Phi) is 4.65. The summed E-state index contributed by atoms with van der Waals surface area (Å²) in [5.41, 5.74) is 0.969. The van der Waals surface area contributed by atoms with Gasteiger partial charge in [-0.2, -0.15) is 0 Å². The van der Waals surface area contributed by atoms with Crippen molar-refractivity contribution in [2.75, 3.05) is 23.3 Å². The summed E-state index contributed by atoms with van der Waals surface area (Å²) >= 11 is 0. The Morgan fingerprint density at radius 1 is 1.11 bits per heavy atom. The standard InChI is InChI=1S/C18H18N6O3/c25-16(19-13-4-2-1-3-5-13)14-6-7-15(21-20-14)24-10-8-12(9-11-24)17-22-23-18(26)27-17/h1-7,12H,8-11H2,(H,19,25)(H,23,26). The molecule has 0 saturated carbocycles. The van der Waals surface area contributed by atoms with Crippen LogP contribution in [0.1, 0.15) is 35.1 Å². The SMILES string of the molecule is O=C(Nc1ccccc1)c1ccc(N2CCC(c3n[nH]c(=O)o3)CC2)nn1. The minimum absolute atomic E-state index is 0.115. The summed E-state index contributed by atoms with van der Waals surface area (Å²) in [6.07, 6.45) is 1.59. The number of nitrogens with one attached hydrogen (secondary N) is 2. The Morgan fingerprint density at radius 3 is 2.52 bits per heavy atom. The molecule has 9 heteroatoms. The number of aromatic amines is 1. The smallest absolute Gasteiger partial charge is 0.392 e. The first-order valence-corrected chi connectivity index (χ1v) is 8.69. The Hall–Kier alpha value is -3.49. The van der Waals surface area contributed by atoms with E-state index >= 15 is 0 Å². The van der Waals surface area contributed by atoms with E-state index in [4.69, 9.17) is 4.42 Å². The van der Waals surface area contributed by atoms with Crippen LogP contribution in [0, 0.1) is 0 Å². The zero-order valence-corrected chi connectivity index (χ0v) is 14.5. The van der Waals surface area contributed by atoms with Crippen LogP contribution in [-0.2, 0) is 0 Å². The third kappa shape index (κ3) is 3.86. The highest BCUT2D eigenvalue weighted by Crippen LogP contribution is 2.27. The van der Waals surface area contributed by atoms with Crippen LogP contribution >= 0.6 is 0 Å². The van der Waals surface area contributed by atoms with Gasteiger partial charge in [0.2, 0.25) is 5.89 Å². The summed E-state index contributed by atoms with van der Waals surface area (Å²) in [5.74, 6) is 0.464. The average molecular weight is 366 g/mol. The fourth-order valence-electron chi connectivity index (χ4n) is 3.10. The van der Waals surface area contributed by atoms with Gasteiger partial charge in [0.05, 0.1) is 0 Å². The number of anilines is 2. The molecule has 4 rings (SSSR count). The van der Waals surface area contributed by atoms with E-state index in [0.717, 1.165) is 25.9 Å². The van der Waals surface area contributed by atoms with Crippen molar-refractivity contribution in [3.8, 4) is 0 Å². The van der Waals surface area contributed by atoms with Crippen LogP contribution < -0.4 is 16.0 Å². The minimum Gasteiger partial charge on any atom is -0.392 e. The van der Waals surface area contributed by atoms with Gasteiger partial charge in [0.15, 0.2) is 11.5 Å². The third-order valence-electron chi connectivity index (χ3n) is 4.54. The predicted octanol–water partition coefficient (Wildman–Crippen LogP) is 1.79. The minimum atomic E-state index is -0.525. The molecule has 9 nitrogen and oxygen atoms in total. The highest BCUT2D eigenvalue weighted by molar-refractivity contribution is 6.02. The fraction of sp³-hybridized carbons (Fsp3) is 0.278. The van der Waals surface area contributed by atoms with Gasteiger partial charge in [-0.25, -0.2) is 9.89 Å². The van der Waals surface area contributed by atoms with E-state index < -0.39 is 5.76 Å². The molecule has 0 unspecified atom stereocenters. The molecule has 3 heterocycles. The summed E-state index contributed by atoms with van der Waals surface area (Å²) in [5, 5.41) is 17.2. The van der Waals surface area contributed by atoms with Crippen LogP contribution in [-0.4, -0.2) is 39.4 Å². The van der Waals surface area contributed by atoms with Gasteiger partial charge < -0.3 is 14.6 Å². The van der Waals surface area contributed by atoms with Crippen molar-refractivity contribution in [2.45, 2.75) is 18.8 Å². The number of rotatable bonds is 4. The number of amides is 1. The van der Waals surface area contributed by atoms with Crippen LogP contribution in [0.15, 0.2) is 51.7 Å². The van der Waals surface area contributed by atoms with Gasteiger partial charge in [0, 0.05) is 24.7 Å². The molecule has 2 N–H and O–H groups in total. The van der Waals surface area contributed by atoms with Crippen molar-refractivity contribution in [1.82, 2.24) is 20.4 Å². The second-order valence-corrected chi connectivity index (χ2v) is 6.31. The second kappa shape index (κ2) is 7.40. The molecule has 1 aromatic carbocycles. The van der Waals surface area contributed by atoms with Gasteiger partial charge in [-0.3, -0.25) is 4.79 Å². The fourth-order valence-corrected chi connectivity index (χ4v) is 3.10. The number of hydrogen-bond donors (Lipinski definition) is 2. The number of H-pyrrole nitrogens is 1. The molecule has 3 aromatic rings. The first-order valence-electron chi connectivity index (χ1n) is 8.69. The van der Waals surface area contributed by atoms with Crippen LogP contribution in [0.25, 0.3) is 0 Å². The quantitative estimate of drug-likeness (QED) is 0.723. The maximum Gasteiger partial charge on any atom is 0.434 e. The Labute approximate surface area is 154 Å². The molecule has 0 radical (unpaired) electrons. The third-order valence-corrected chi connectivity index (χ3v) is 4.54. The highest BCUT2D eigenvalue weighted by atomic mass is 16.4. The van der Waals surface area contributed by atoms with E-state index in [0.29, 0.717) is 17.4 Å². The Balaban J connectivity index is 1.37. The molecule has 0 spiro atoms. The maximum absolute atomic E-state index is 12.2. The molecular weight excluding hydrogens is 348 g/mol. The average Bonchev–Trinajstić information content (AvgIpc) is 3.15. The predicted molar refractivity (Wildman–Crippen MR) is 97.7 cm³/mol. The first kappa shape index (κ1) is 17.0. The molecular formula is C18H18N6O3. The Morgan fingerprint density at radius 2 is 1.89 bits per heavy atom. The van der Waals surface area contributed by atoms with Crippen molar-refractivity contribution in [2.24, 2.45) is 0 Å². The molecule has 138 valence electrons. The Bertz CT molecular complexity index is 959. The lowest BCUT2D eigenvalue weighted by atomic mass is 9.97. The lowest BCUT2D eigenvalue weighted by Gasteiger charge is -2.30. The molecule has 1 saturated heterocycles. The summed E-state index contributed by atoms with van der Waals surface area (Å²) in [6, 6.07) is 12.7. The molecule has 1 fully saturated rings. The van der Waals surface area contributed by atoms with Crippen molar-refractivity contribution >= 4 is 17.4 Å². The second-order valence-electron chi connectivity index (χ2n) is 6.31. The largest absolute Gasteiger partial charge is 0.434 e. The van der Waals surface area contributed by atoms with Crippen LogP contribution in [0.5, 0.6) is 0 Å². The van der Waals surface area contributed by atoms with Crippen molar-refractivity contribution in [3.63, 3.8) is 0 Å². The summed E-state index contributed by atoms with van der Waals surface area (Å²) < 4.78 is 5.04. The van der Waals surface area contributed by atoms with E-state index in [9.17, 15) is 9.59 Å². The van der Waals surface area contributed by atoms with E-state index in [1.54, 1.807) is 12.1 Å². The monoisotopic (exact) mass is 366 g/mol. The van der Waals surface area contributed by atoms with E-state index in [1.807, 2.05) is 30.3 Å². The molecule has 1 aliphatic heterocycles. The van der Waals surface area contributed by atoms with Crippen LogP contribution in [0.4, 0.5) is 11.5 Å². The normalized spacial score (nSPS) is 14.9. The number of benzene rings is 1.